The maximum atomic E-state index is 11.6. The molecule has 0 N–H and O–H groups in total. The molecule has 11 heteroatoms. The Balaban J connectivity index is -0.000000541. The van der Waals surface area contributed by atoms with E-state index >= 15 is 0 Å². The van der Waals surface area contributed by atoms with E-state index in [0.717, 1.165) is 12.2 Å². The molecule has 0 aliphatic rings. The summed E-state index contributed by atoms with van der Waals surface area (Å²) in [5.41, 5.74) is 0.792. The van der Waals surface area contributed by atoms with Crippen LogP contribution in [0.15, 0.2) is 48.6 Å². The molecule has 0 atom stereocenters. The average Bonchev–Trinajstić information content (AvgIpc) is 2.88. The zero-order valence-corrected chi connectivity index (χ0v) is 25.2. The third-order valence-electron chi connectivity index (χ3n) is 4.00. The van der Waals surface area contributed by atoms with Crippen molar-refractivity contribution in [3.63, 3.8) is 0 Å². The molecule has 2 rings (SSSR count). The number of methoxy groups -OCH3 is 4. The predicted molar refractivity (Wildman–Crippen MR) is 137 cm³/mol. The fourth-order valence-electron chi connectivity index (χ4n) is 2.51. The number of hydrogen-bond donors (Lipinski definition) is 0. The van der Waals surface area contributed by atoms with Crippen LogP contribution in [-0.2, 0) is 31.3 Å². The second-order valence-electron chi connectivity index (χ2n) is 6.96. The van der Waals surface area contributed by atoms with Crippen LogP contribution >= 0.6 is 0 Å². The molecule has 2 aromatic rings. The molecule has 0 aliphatic carbocycles. The minimum Gasteiger partial charge on any atom is -0.872 e. The van der Waals surface area contributed by atoms with Gasteiger partial charge in [0.15, 0.2) is 34.6 Å². The molecule has 0 unspecified atom stereocenters. The molecule has 0 saturated heterocycles. The smallest absolute Gasteiger partial charge is 0.872 e. The summed E-state index contributed by atoms with van der Waals surface area (Å²) >= 11 is 0. The van der Waals surface area contributed by atoms with Crippen molar-refractivity contribution in [2.75, 3.05) is 41.7 Å². The number of carbonyl (C=O) groups is 2. The summed E-state index contributed by atoms with van der Waals surface area (Å²) in [4.78, 5) is 21.5. The molecular formula is C28H36O10Ti. The van der Waals surface area contributed by atoms with Gasteiger partial charge in [-0.05, 0) is 61.4 Å². The van der Waals surface area contributed by atoms with Gasteiger partial charge in [-0.25, -0.2) is 0 Å². The summed E-state index contributed by atoms with van der Waals surface area (Å²) in [5, 5.41) is 41.0. The number of ketones is 2. The standard InChI is InChI=1S/2C12H14O4.2C2H5O.Ti/c2*1-8(13)6-10(14)9-4-5-11(15-2)12(7-9)16-3;2*1-2-3;/h2*4-7,14H,1-3H3;2*2H2,1H3;/q;;2*-1;+4/p-2/b2*10-6-;;;. The van der Waals surface area contributed by atoms with Gasteiger partial charge in [0, 0.05) is 0 Å². The van der Waals surface area contributed by atoms with Gasteiger partial charge in [0.2, 0.25) is 0 Å². The third-order valence-corrected chi connectivity index (χ3v) is 4.00. The number of hydrogen-bond acceptors (Lipinski definition) is 10. The average molecular weight is 580 g/mol. The summed E-state index contributed by atoms with van der Waals surface area (Å²) in [7, 11) is 6.00. The molecule has 0 aliphatic heterocycles. The Labute approximate surface area is 245 Å². The summed E-state index contributed by atoms with van der Waals surface area (Å²) in [5.74, 6) is 0.779. The van der Waals surface area contributed by atoms with Gasteiger partial charge in [0.05, 0.1) is 28.4 Å². The van der Waals surface area contributed by atoms with E-state index in [2.05, 4.69) is 0 Å². The van der Waals surface area contributed by atoms with E-state index in [-0.39, 0.29) is 58.0 Å². The Kier molecular flexibility index (Phi) is 24.5. The molecule has 0 fully saturated rings. The van der Waals surface area contributed by atoms with Crippen molar-refractivity contribution >= 4 is 23.1 Å². The summed E-state index contributed by atoms with van der Waals surface area (Å²) in [6.07, 6.45) is 2.09. The van der Waals surface area contributed by atoms with Gasteiger partial charge in [-0.1, -0.05) is 37.5 Å². The SMILES string of the molecule is CC[O-].CC[O-].COc1ccc(/C([O-])=C/C(C)=O)cc1OC.COc1ccc(/C([O-])=C/C(C)=O)cc1OC.[Ti+4]. The Hall–Kier alpha value is -3.31. The van der Waals surface area contributed by atoms with Crippen molar-refractivity contribution in [1.29, 1.82) is 0 Å². The van der Waals surface area contributed by atoms with Gasteiger partial charge in [-0.2, -0.15) is 0 Å². The first kappa shape index (κ1) is 40.2. The minimum absolute atomic E-state index is 0. The zero-order valence-electron chi connectivity index (χ0n) is 23.6. The van der Waals surface area contributed by atoms with Gasteiger partial charge in [0.25, 0.3) is 0 Å². The third kappa shape index (κ3) is 17.0. The molecule has 0 aromatic heterocycles. The normalized spacial score (nSPS) is 10.0. The fraction of sp³-hybridized carbons (Fsp3) is 0.357. The predicted octanol–water partition coefficient (Wildman–Crippen LogP) is 0.719. The zero-order chi connectivity index (χ0) is 29.7. The summed E-state index contributed by atoms with van der Waals surface area (Å²) in [6.45, 7) is 5.80. The van der Waals surface area contributed by atoms with Crippen molar-refractivity contribution in [3.8, 4) is 23.0 Å². The number of benzene rings is 2. The molecule has 0 radical (unpaired) electrons. The number of allylic oxidation sites excluding steroid dienone is 2. The van der Waals surface area contributed by atoms with Crippen LogP contribution < -0.4 is 39.4 Å². The van der Waals surface area contributed by atoms with E-state index in [9.17, 15) is 19.8 Å². The molecule has 0 heterocycles. The second kappa shape index (κ2) is 23.8. The second-order valence-corrected chi connectivity index (χ2v) is 6.96. The molecule has 0 bridgehead atoms. The molecule has 39 heavy (non-hydrogen) atoms. The Morgan fingerprint density at radius 1 is 0.641 bits per heavy atom. The maximum Gasteiger partial charge on any atom is 4.00 e. The van der Waals surface area contributed by atoms with Crippen LogP contribution in [0.5, 0.6) is 23.0 Å². The van der Waals surface area contributed by atoms with Crippen LogP contribution in [0.25, 0.3) is 11.5 Å². The molecule has 0 amide bonds. The van der Waals surface area contributed by atoms with Crippen LogP contribution in [0.1, 0.15) is 38.8 Å². The molecule has 2 aromatic carbocycles. The van der Waals surface area contributed by atoms with Crippen LogP contribution in [0.4, 0.5) is 0 Å². The van der Waals surface area contributed by atoms with Gasteiger partial charge in [0.1, 0.15) is 0 Å². The first-order valence-electron chi connectivity index (χ1n) is 11.4. The maximum absolute atomic E-state index is 11.6. The monoisotopic (exact) mass is 580 g/mol. The largest absolute Gasteiger partial charge is 4.00 e. The summed E-state index contributed by atoms with van der Waals surface area (Å²) in [6, 6.07) is 9.51. The molecule has 0 saturated carbocycles. The van der Waals surface area contributed by atoms with Gasteiger partial charge in [-0.15, -0.1) is 13.2 Å². The summed E-state index contributed by atoms with van der Waals surface area (Å²) < 4.78 is 20.2. The minimum atomic E-state index is -0.339. The Morgan fingerprint density at radius 2 is 0.897 bits per heavy atom. The van der Waals surface area contributed by atoms with Crippen LogP contribution in [0.2, 0.25) is 0 Å². The molecule has 0 spiro atoms. The van der Waals surface area contributed by atoms with Gasteiger partial charge < -0.3 is 39.4 Å². The van der Waals surface area contributed by atoms with Crippen LogP contribution in [0, 0.1) is 0 Å². The van der Waals surface area contributed by atoms with Crippen LogP contribution in [-0.4, -0.2) is 53.2 Å². The van der Waals surface area contributed by atoms with E-state index in [4.69, 9.17) is 29.2 Å². The topological polar surface area (TPSA) is 163 Å². The molecule has 212 valence electrons. The number of ether oxygens (including phenoxy) is 4. The Bertz CT molecular complexity index is 965. The van der Waals surface area contributed by atoms with E-state index in [1.54, 1.807) is 50.2 Å². The van der Waals surface area contributed by atoms with Crippen molar-refractivity contribution in [2.45, 2.75) is 27.7 Å². The van der Waals surface area contributed by atoms with E-state index < -0.39 is 0 Å². The first-order chi connectivity index (χ1) is 18.0. The number of rotatable bonds is 8. The molecule has 10 nitrogen and oxygen atoms in total. The van der Waals surface area contributed by atoms with E-state index in [1.807, 2.05) is 0 Å². The Morgan fingerprint density at radius 3 is 1.10 bits per heavy atom. The van der Waals surface area contributed by atoms with Gasteiger partial charge in [-0.3, -0.25) is 9.59 Å². The van der Waals surface area contributed by atoms with Gasteiger partial charge >= 0.3 is 21.7 Å². The van der Waals surface area contributed by atoms with E-state index in [1.165, 1.54) is 42.3 Å². The fourth-order valence-corrected chi connectivity index (χ4v) is 2.51. The van der Waals surface area contributed by atoms with Crippen molar-refractivity contribution < 1.29 is 70.7 Å². The van der Waals surface area contributed by atoms with E-state index in [0.29, 0.717) is 34.1 Å². The van der Waals surface area contributed by atoms with Crippen molar-refractivity contribution in [2.24, 2.45) is 0 Å². The molecular weight excluding hydrogens is 544 g/mol. The first-order valence-corrected chi connectivity index (χ1v) is 11.4. The van der Waals surface area contributed by atoms with Crippen molar-refractivity contribution in [1.82, 2.24) is 0 Å². The number of carbonyl (C=O) groups excluding carboxylic acids is 2. The van der Waals surface area contributed by atoms with Crippen LogP contribution in [0.3, 0.4) is 0 Å². The van der Waals surface area contributed by atoms with Crippen molar-refractivity contribution in [3.05, 3.63) is 59.7 Å². The quantitative estimate of drug-likeness (QED) is 0.247.